The maximum Gasteiger partial charge on any atom is 0.264 e. The average Bonchev–Trinajstić information content (AvgIpc) is 3.05. The molecule has 4 aromatic rings. The van der Waals surface area contributed by atoms with E-state index < -0.39 is 28.5 Å². The smallest absolute Gasteiger partial charge is 0.264 e. The molecule has 0 unspecified atom stereocenters. The van der Waals surface area contributed by atoms with Crippen LogP contribution in [0.1, 0.15) is 35.6 Å². The zero-order valence-electron chi connectivity index (χ0n) is 26.6. The minimum Gasteiger partial charge on any atom is -0.496 e. The molecule has 0 spiro atoms. The van der Waals surface area contributed by atoms with Crippen molar-refractivity contribution >= 4 is 43.5 Å². The molecule has 0 saturated heterocycles. The van der Waals surface area contributed by atoms with E-state index in [9.17, 15) is 18.0 Å². The molecule has 0 radical (unpaired) electrons. The molecule has 4 aromatic carbocycles. The van der Waals surface area contributed by atoms with Gasteiger partial charge in [0.25, 0.3) is 10.0 Å². The second kappa shape index (κ2) is 15.9. The summed E-state index contributed by atoms with van der Waals surface area (Å²) < 4.78 is 35.4. The number of anilines is 1. The first-order valence-electron chi connectivity index (χ1n) is 15.1. The Hall–Kier alpha value is -4.15. The van der Waals surface area contributed by atoms with E-state index in [1.807, 2.05) is 75.4 Å². The Morgan fingerprint density at radius 2 is 1.50 bits per heavy atom. The van der Waals surface area contributed by atoms with Gasteiger partial charge in [-0.2, -0.15) is 0 Å². The number of carbonyl (C=O) groups is 2. The third-order valence-corrected chi connectivity index (χ3v) is 10.00. The van der Waals surface area contributed by atoms with Crippen molar-refractivity contribution in [1.82, 2.24) is 10.2 Å². The topological polar surface area (TPSA) is 96.0 Å². The molecule has 1 atom stereocenters. The maximum absolute atomic E-state index is 14.5. The summed E-state index contributed by atoms with van der Waals surface area (Å²) in [5, 5.41) is 2.97. The summed E-state index contributed by atoms with van der Waals surface area (Å²) in [6.07, 6.45) is 0.989. The van der Waals surface area contributed by atoms with Gasteiger partial charge in [0, 0.05) is 19.5 Å². The molecular formula is C36H40BrN3O5S. The van der Waals surface area contributed by atoms with Crippen molar-refractivity contribution in [2.24, 2.45) is 0 Å². The average molecular weight is 707 g/mol. The molecule has 0 aliphatic heterocycles. The summed E-state index contributed by atoms with van der Waals surface area (Å²) in [5.74, 6) is -0.331. The van der Waals surface area contributed by atoms with Crippen LogP contribution in [0, 0.1) is 13.8 Å². The Morgan fingerprint density at radius 3 is 2.09 bits per heavy atom. The fraction of sp³-hybridized carbons (Fsp3) is 0.278. The lowest BCUT2D eigenvalue weighted by atomic mass is 10.0. The molecule has 0 saturated carbocycles. The van der Waals surface area contributed by atoms with Crippen LogP contribution in [0.5, 0.6) is 5.75 Å². The number of nitrogens with one attached hydrogen (secondary N) is 1. The lowest BCUT2D eigenvalue weighted by molar-refractivity contribution is -0.140. The van der Waals surface area contributed by atoms with E-state index in [2.05, 4.69) is 21.2 Å². The molecular weight excluding hydrogens is 666 g/mol. The van der Waals surface area contributed by atoms with E-state index >= 15 is 0 Å². The quantitative estimate of drug-likeness (QED) is 0.163. The van der Waals surface area contributed by atoms with Crippen LogP contribution in [0.2, 0.25) is 0 Å². The van der Waals surface area contributed by atoms with Crippen LogP contribution in [0.25, 0.3) is 0 Å². The standard InChI is InChI=1S/C36H40BrN3O5S/c1-5-21-38-36(42)33(22-28-9-7-6-8-10-28)39(24-29-15-11-26(2)12-16-29)35(41)25-40(30-17-13-27(3)14-18-30)46(43,44)31-19-20-34(45-4)32(37)23-31/h6-20,23,33H,5,21-22,24-25H2,1-4H3,(H,38,42)/t33-/m0/s1. The normalized spacial score (nSPS) is 11.8. The van der Waals surface area contributed by atoms with Crippen LogP contribution in [-0.2, 0) is 32.6 Å². The molecule has 0 aliphatic carbocycles. The van der Waals surface area contributed by atoms with Crippen LogP contribution in [0.4, 0.5) is 5.69 Å². The number of halogens is 1. The molecule has 0 fully saturated rings. The van der Waals surface area contributed by atoms with Crippen molar-refractivity contribution in [3.05, 3.63) is 124 Å². The first kappa shape index (κ1) is 34.7. The number of ether oxygens (including phenoxy) is 1. The minimum atomic E-state index is -4.24. The SMILES string of the molecule is CCCNC(=O)[C@H](Cc1ccccc1)N(Cc1ccc(C)cc1)C(=O)CN(c1ccc(C)cc1)S(=O)(=O)c1ccc(OC)c(Br)c1. The Balaban J connectivity index is 1.80. The monoisotopic (exact) mass is 705 g/mol. The van der Waals surface area contributed by atoms with Gasteiger partial charge in [-0.15, -0.1) is 0 Å². The fourth-order valence-electron chi connectivity index (χ4n) is 4.98. The third kappa shape index (κ3) is 8.76. The van der Waals surface area contributed by atoms with Crippen molar-refractivity contribution in [1.29, 1.82) is 0 Å². The largest absolute Gasteiger partial charge is 0.496 e. The molecule has 1 N–H and O–H groups in total. The molecule has 46 heavy (non-hydrogen) atoms. The number of amides is 2. The minimum absolute atomic E-state index is 0.0137. The van der Waals surface area contributed by atoms with E-state index in [4.69, 9.17) is 4.74 Å². The van der Waals surface area contributed by atoms with Crippen molar-refractivity contribution in [2.45, 2.75) is 51.1 Å². The summed E-state index contributed by atoms with van der Waals surface area (Å²) in [7, 11) is -2.74. The molecule has 2 amide bonds. The zero-order valence-corrected chi connectivity index (χ0v) is 29.0. The summed E-state index contributed by atoms with van der Waals surface area (Å²) in [6.45, 7) is 5.89. The molecule has 10 heteroatoms. The Bertz CT molecular complexity index is 1730. The van der Waals surface area contributed by atoms with Crippen LogP contribution in [0.3, 0.4) is 0 Å². The number of aryl methyl sites for hydroxylation is 2. The van der Waals surface area contributed by atoms with Gasteiger partial charge in [0.05, 0.1) is 22.2 Å². The number of nitrogens with zero attached hydrogens (tertiary/aromatic N) is 2. The molecule has 0 heterocycles. The van der Waals surface area contributed by atoms with E-state index in [0.29, 0.717) is 22.5 Å². The Labute approximate surface area is 280 Å². The number of carbonyl (C=O) groups excluding carboxylic acids is 2. The molecule has 0 bridgehead atoms. The second-order valence-corrected chi connectivity index (χ2v) is 13.9. The van der Waals surface area contributed by atoms with Gasteiger partial charge in [-0.1, -0.05) is 84.8 Å². The Kier molecular flexibility index (Phi) is 12.0. The van der Waals surface area contributed by atoms with Gasteiger partial charge in [0.2, 0.25) is 11.8 Å². The van der Waals surface area contributed by atoms with E-state index in [0.717, 1.165) is 33.0 Å². The highest BCUT2D eigenvalue weighted by Crippen LogP contribution is 2.31. The highest BCUT2D eigenvalue weighted by molar-refractivity contribution is 9.10. The van der Waals surface area contributed by atoms with Crippen LogP contribution in [0.15, 0.2) is 106 Å². The maximum atomic E-state index is 14.5. The molecule has 0 aliphatic rings. The molecule has 242 valence electrons. The molecule has 8 nitrogen and oxygen atoms in total. The van der Waals surface area contributed by atoms with Crippen molar-refractivity contribution in [2.75, 3.05) is 24.5 Å². The Morgan fingerprint density at radius 1 is 0.870 bits per heavy atom. The van der Waals surface area contributed by atoms with Gasteiger partial charge in [0.1, 0.15) is 18.3 Å². The fourth-order valence-corrected chi connectivity index (χ4v) is 7.12. The molecule has 4 rings (SSSR count). The van der Waals surface area contributed by atoms with E-state index in [-0.39, 0.29) is 23.8 Å². The zero-order chi connectivity index (χ0) is 33.3. The first-order chi connectivity index (χ1) is 22.0. The summed E-state index contributed by atoms with van der Waals surface area (Å²) in [4.78, 5) is 29.8. The van der Waals surface area contributed by atoms with Crippen LogP contribution in [-0.4, -0.2) is 51.4 Å². The lowest BCUT2D eigenvalue weighted by Crippen LogP contribution is -2.53. The number of sulfonamides is 1. The van der Waals surface area contributed by atoms with Crippen LogP contribution < -0.4 is 14.4 Å². The number of benzene rings is 4. The van der Waals surface area contributed by atoms with Gasteiger partial charge < -0.3 is 15.0 Å². The third-order valence-electron chi connectivity index (χ3n) is 7.61. The van der Waals surface area contributed by atoms with Gasteiger partial charge in [-0.3, -0.25) is 13.9 Å². The van der Waals surface area contributed by atoms with Gasteiger partial charge in [-0.05, 0) is 77.7 Å². The highest BCUT2D eigenvalue weighted by atomic mass is 79.9. The summed E-state index contributed by atoms with van der Waals surface area (Å²) in [6, 6.07) is 27.8. The predicted molar refractivity (Wildman–Crippen MR) is 185 cm³/mol. The van der Waals surface area contributed by atoms with Crippen molar-refractivity contribution in [3.8, 4) is 5.75 Å². The predicted octanol–water partition coefficient (Wildman–Crippen LogP) is 6.44. The van der Waals surface area contributed by atoms with Crippen molar-refractivity contribution < 1.29 is 22.7 Å². The number of methoxy groups -OCH3 is 1. The number of rotatable bonds is 14. The summed E-state index contributed by atoms with van der Waals surface area (Å²) in [5.41, 5.74) is 4.04. The number of hydrogen-bond acceptors (Lipinski definition) is 5. The molecule has 0 aromatic heterocycles. The van der Waals surface area contributed by atoms with Crippen molar-refractivity contribution in [3.63, 3.8) is 0 Å². The van der Waals surface area contributed by atoms with E-state index in [1.165, 1.54) is 24.1 Å². The van der Waals surface area contributed by atoms with Gasteiger partial charge >= 0.3 is 0 Å². The highest BCUT2D eigenvalue weighted by Gasteiger charge is 2.34. The lowest BCUT2D eigenvalue weighted by Gasteiger charge is -2.34. The first-order valence-corrected chi connectivity index (χ1v) is 17.4. The number of hydrogen-bond donors (Lipinski definition) is 1. The van der Waals surface area contributed by atoms with Gasteiger partial charge in [-0.25, -0.2) is 8.42 Å². The van der Waals surface area contributed by atoms with Gasteiger partial charge in [0.15, 0.2) is 0 Å². The van der Waals surface area contributed by atoms with Crippen LogP contribution >= 0.6 is 15.9 Å². The second-order valence-electron chi connectivity index (χ2n) is 11.1. The summed E-state index contributed by atoms with van der Waals surface area (Å²) >= 11 is 3.39. The van der Waals surface area contributed by atoms with E-state index in [1.54, 1.807) is 30.3 Å².